The summed E-state index contributed by atoms with van der Waals surface area (Å²) in [6, 6.07) is 15.4. The summed E-state index contributed by atoms with van der Waals surface area (Å²) in [5, 5.41) is 10.7. The van der Waals surface area contributed by atoms with Crippen LogP contribution in [-0.4, -0.2) is 34.9 Å². The highest BCUT2D eigenvalue weighted by Gasteiger charge is 2.25. The minimum absolute atomic E-state index is 0.0125. The van der Waals surface area contributed by atoms with Crippen molar-refractivity contribution in [3.05, 3.63) is 70.3 Å². The van der Waals surface area contributed by atoms with Gasteiger partial charge in [0.05, 0.1) is 4.92 Å². The molecule has 0 N–H and O–H groups in total. The first-order chi connectivity index (χ1) is 11.6. The number of rotatable bonds is 4. The third kappa shape index (κ3) is 3.71. The minimum Gasteiger partial charge on any atom is -0.490 e. The van der Waals surface area contributed by atoms with E-state index in [0.29, 0.717) is 18.7 Å². The Hall–Kier alpha value is -2.89. The van der Waals surface area contributed by atoms with Crippen LogP contribution in [0.1, 0.15) is 23.2 Å². The van der Waals surface area contributed by atoms with Crippen molar-refractivity contribution < 1.29 is 14.5 Å². The zero-order valence-electron chi connectivity index (χ0n) is 13.1. The van der Waals surface area contributed by atoms with E-state index in [-0.39, 0.29) is 17.7 Å². The lowest BCUT2D eigenvalue weighted by molar-refractivity contribution is -0.384. The predicted molar refractivity (Wildman–Crippen MR) is 89.1 cm³/mol. The second-order valence-electron chi connectivity index (χ2n) is 5.73. The van der Waals surface area contributed by atoms with Crippen LogP contribution in [0.2, 0.25) is 0 Å². The van der Waals surface area contributed by atoms with Gasteiger partial charge in [-0.15, -0.1) is 0 Å². The molecule has 124 valence electrons. The number of carbonyl (C=O) groups excluding carboxylic acids is 1. The number of carbonyl (C=O) groups is 1. The second-order valence-corrected chi connectivity index (χ2v) is 5.73. The Morgan fingerprint density at radius 3 is 2.25 bits per heavy atom. The van der Waals surface area contributed by atoms with Crippen LogP contribution in [0.4, 0.5) is 5.69 Å². The summed E-state index contributed by atoms with van der Waals surface area (Å²) in [6.07, 6.45) is 1.65. The fourth-order valence-electron chi connectivity index (χ4n) is 2.78. The van der Waals surface area contributed by atoms with Gasteiger partial charge >= 0.3 is 0 Å². The van der Waals surface area contributed by atoms with Crippen molar-refractivity contribution in [3.8, 4) is 5.75 Å². The predicted octanol–water partition coefficient (Wildman–Crippen LogP) is 3.28. The second kappa shape index (κ2) is 7.12. The van der Waals surface area contributed by atoms with E-state index in [4.69, 9.17) is 4.74 Å². The Morgan fingerprint density at radius 2 is 1.67 bits per heavy atom. The average Bonchev–Trinajstić information content (AvgIpc) is 2.63. The molecule has 1 amide bonds. The van der Waals surface area contributed by atoms with Crippen LogP contribution in [0.15, 0.2) is 54.6 Å². The molecule has 3 rings (SSSR count). The van der Waals surface area contributed by atoms with E-state index in [9.17, 15) is 14.9 Å². The number of ether oxygens (including phenoxy) is 1. The van der Waals surface area contributed by atoms with Crippen molar-refractivity contribution in [1.82, 2.24) is 4.90 Å². The maximum Gasteiger partial charge on any atom is 0.269 e. The summed E-state index contributed by atoms with van der Waals surface area (Å²) >= 11 is 0. The van der Waals surface area contributed by atoms with Gasteiger partial charge < -0.3 is 9.64 Å². The monoisotopic (exact) mass is 326 g/mol. The lowest BCUT2D eigenvalue weighted by atomic mass is 10.1. The van der Waals surface area contributed by atoms with Crippen LogP contribution in [0.25, 0.3) is 0 Å². The first-order valence-electron chi connectivity index (χ1n) is 7.89. The third-order valence-electron chi connectivity index (χ3n) is 4.10. The van der Waals surface area contributed by atoms with E-state index in [1.807, 2.05) is 30.3 Å². The highest BCUT2D eigenvalue weighted by Crippen LogP contribution is 2.20. The molecular formula is C18H18N2O4. The van der Waals surface area contributed by atoms with Gasteiger partial charge in [-0.1, -0.05) is 18.2 Å². The number of nitrogens with zero attached hydrogens (tertiary/aromatic N) is 2. The molecule has 1 aliphatic heterocycles. The first kappa shape index (κ1) is 16.0. The largest absolute Gasteiger partial charge is 0.490 e. The molecule has 0 spiro atoms. The van der Waals surface area contributed by atoms with E-state index in [0.717, 1.165) is 18.6 Å². The van der Waals surface area contributed by atoms with Crippen molar-refractivity contribution in [2.75, 3.05) is 13.1 Å². The van der Waals surface area contributed by atoms with Gasteiger partial charge in [-0.25, -0.2) is 0 Å². The Kier molecular flexibility index (Phi) is 4.74. The van der Waals surface area contributed by atoms with E-state index < -0.39 is 4.92 Å². The molecule has 0 bridgehead atoms. The van der Waals surface area contributed by atoms with Gasteiger partial charge in [-0.2, -0.15) is 0 Å². The van der Waals surface area contributed by atoms with Crippen molar-refractivity contribution in [2.24, 2.45) is 0 Å². The number of amides is 1. The molecule has 0 saturated carbocycles. The summed E-state index contributed by atoms with van der Waals surface area (Å²) in [5.41, 5.74) is 0.463. The summed E-state index contributed by atoms with van der Waals surface area (Å²) in [4.78, 5) is 24.4. The van der Waals surface area contributed by atoms with Gasteiger partial charge in [0.15, 0.2) is 0 Å². The van der Waals surface area contributed by atoms with Crippen molar-refractivity contribution in [1.29, 1.82) is 0 Å². The number of non-ortho nitro benzene ring substituents is 1. The SMILES string of the molecule is O=C(c1ccc([N+](=O)[O-])cc1)N1CCC(Oc2ccccc2)CC1. The van der Waals surface area contributed by atoms with E-state index >= 15 is 0 Å². The number of para-hydroxylation sites is 1. The smallest absolute Gasteiger partial charge is 0.269 e. The Morgan fingerprint density at radius 1 is 1.04 bits per heavy atom. The Balaban J connectivity index is 1.56. The molecular weight excluding hydrogens is 308 g/mol. The standard InChI is InChI=1S/C18H18N2O4/c21-18(14-6-8-15(9-7-14)20(22)23)19-12-10-17(11-13-19)24-16-4-2-1-3-5-16/h1-9,17H,10-13H2. The Labute approximate surface area is 139 Å². The van der Waals surface area contributed by atoms with Crippen LogP contribution in [0.5, 0.6) is 5.75 Å². The number of benzene rings is 2. The number of piperidine rings is 1. The van der Waals surface area contributed by atoms with Crippen LogP contribution < -0.4 is 4.74 Å². The lowest BCUT2D eigenvalue weighted by Crippen LogP contribution is -2.41. The summed E-state index contributed by atoms with van der Waals surface area (Å²) in [5.74, 6) is 0.751. The summed E-state index contributed by atoms with van der Waals surface area (Å²) in [6.45, 7) is 1.24. The number of hydrogen-bond donors (Lipinski definition) is 0. The van der Waals surface area contributed by atoms with Crippen LogP contribution in [0, 0.1) is 10.1 Å². The van der Waals surface area contributed by atoms with Crippen LogP contribution >= 0.6 is 0 Å². The molecule has 1 saturated heterocycles. The van der Waals surface area contributed by atoms with Gasteiger partial charge in [0.25, 0.3) is 11.6 Å². The van der Waals surface area contributed by atoms with E-state index in [1.54, 1.807) is 4.90 Å². The number of nitro benzene ring substituents is 1. The molecule has 2 aromatic carbocycles. The molecule has 1 fully saturated rings. The molecule has 0 aliphatic carbocycles. The van der Waals surface area contributed by atoms with Crippen molar-refractivity contribution >= 4 is 11.6 Å². The van der Waals surface area contributed by atoms with Gasteiger partial charge in [-0.05, 0) is 24.3 Å². The fraction of sp³-hybridized carbons (Fsp3) is 0.278. The number of likely N-dealkylation sites (tertiary alicyclic amines) is 1. The lowest BCUT2D eigenvalue weighted by Gasteiger charge is -2.32. The van der Waals surface area contributed by atoms with Crippen molar-refractivity contribution in [2.45, 2.75) is 18.9 Å². The fourth-order valence-corrected chi connectivity index (χ4v) is 2.78. The van der Waals surface area contributed by atoms with Crippen LogP contribution in [-0.2, 0) is 0 Å². The van der Waals surface area contributed by atoms with E-state index in [2.05, 4.69) is 0 Å². The first-order valence-corrected chi connectivity index (χ1v) is 7.89. The molecule has 0 aromatic heterocycles. The summed E-state index contributed by atoms with van der Waals surface area (Å²) in [7, 11) is 0. The molecule has 0 unspecified atom stereocenters. The maximum atomic E-state index is 12.5. The van der Waals surface area contributed by atoms with Crippen LogP contribution in [0.3, 0.4) is 0 Å². The van der Waals surface area contributed by atoms with E-state index in [1.165, 1.54) is 24.3 Å². The molecule has 6 heteroatoms. The molecule has 1 heterocycles. The molecule has 1 aliphatic rings. The normalized spacial score (nSPS) is 15.1. The quantitative estimate of drug-likeness (QED) is 0.638. The number of hydrogen-bond acceptors (Lipinski definition) is 4. The zero-order chi connectivity index (χ0) is 16.9. The van der Waals surface area contributed by atoms with Gasteiger partial charge in [-0.3, -0.25) is 14.9 Å². The molecule has 0 atom stereocenters. The minimum atomic E-state index is -0.472. The summed E-state index contributed by atoms with van der Waals surface area (Å²) < 4.78 is 5.92. The average molecular weight is 326 g/mol. The molecule has 6 nitrogen and oxygen atoms in total. The third-order valence-corrected chi connectivity index (χ3v) is 4.10. The zero-order valence-corrected chi connectivity index (χ0v) is 13.1. The Bertz CT molecular complexity index is 708. The van der Waals surface area contributed by atoms with Gasteiger partial charge in [0.2, 0.25) is 0 Å². The number of nitro groups is 1. The highest BCUT2D eigenvalue weighted by atomic mass is 16.6. The van der Waals surface area contributed by atoms with Gasteiger partial charge in [0.1, 0.15) is 11.9 Å². The molecule has 2 aromatic rings. The maximum absolute atomic E-state index is 12.5. The van der Waals surface area contributed by atoms with Gasteiger partial charge in [0, 0.05) is 43.6 Å². The highest BCUT2D eigenvalue weighted by molar-refractivity contribution is 5.94. The van der Waals surface area contributed by atoms with Crippen molar-refractivity contribution in [3.63, 3.8) is 0 Å². The molecule has 24 heavy (non-hydrogen) atoms. The molecule has 0 radical (unpaired) electrons. The topological polar surface area (TPSA) is 72.7 Å².